The Balaban J connectivity index is 1.53. The summed E-state index contributed by atoms with van der Waals surface area (Å²) in [6, 6.07) is 18.8. The van der Waals surface area contributed by atoms with Crippen LogP contribution in [0.3, 0.4) is 0 Å². The number of nitrogens with one attached hydrogen (secondary N) is 1. The molecule has 0 bridgehead atoms. The first kappa shape index (κ1) is 19.5. The molecule has 0 radical (unpaired) electrons. The van der Waals surface area contributed by atoms with Crippen molar-refractivity contribution in [1.29, 1.82) is 0 Å². The van der Waals surface area contributed by atoms with Crippen LogP contribution in [-0.4, -0.2) is 21.6 Å². The number of methoxy groups -OCH3 is 1. The molecule has 2 aromatic carbocycles. The monoisotopic (exact) mass is 433 g/mol. The van der Waals surface area contributed by atoms with Gasteiger partial charge in [-0.1, -0.05) is 48.9 Å². The van der Waals surface area contributed by atoms with E-state index in [0.29, 0.717) is 15.0 Å². The molecule has 0 saturated heterocycles. The SMILES string of the molecule is COc1ccc(-c2ccc(S(=O)(=O)N[C@H]3C[C@]3(C)c3ccccc3)s2)cc1Cl. The number of rotatable bonds is 6. The second-order valence-corrected chi connectivity index (χ2v) is 10.6. The van der Waals surface area contributed by atoms with E-state index < -0.39 is 10.0 Å². The van der Waals surface area contributed by atoms with Crippen molar-refractivity contribution in [2.24, 2.45) is 0 Å². The molecule has 0 aliphatic heterocycles. The molecule has 4 rings (SSSR count). The number of thiophene rings is 1. The standard InChI is InChI=1S/C21H20ClNO3S2/c1-21(15-6-4-3-5-7-15)13-19(21)23-28(24,25)20-11-10-18(27-20)14-8-9-17(26-2)16(22)12-14/h3-12,19,23H,13H2,1-2H3/t19-,21+/m0/s1. The van der Waals surface area contributed by atoms with Gasteiger partial charge in [0.1, 0.15) is 9.96 Å². The lowest BCUT2D eigenvalue weighted by Gasteiger charge is -2.12. The summed E-state index contributed by atoms with van der Waals surface area (Å²) in [5.41, 5.74) is 1.86. The summed E-state index contributed by atoms with van der Waals surface area (Å²) in [6.45, 7) is 2.09. The van der Waals surface area contributed by atoms with Gasteiger partial charge in [0.15, 0.2) is 0 Å². The fourth-order valence-corrected chi connectivity index (χ4v) is 6.28. The summed E-state index contributed by atoms with van der Waals surface area (Å²) in [5, 5.41) is 0.493. The van der Waals surface area contributed by atoms with Gasteiger partial charge in [0.05, 0.1) is 12.1 Å². The summed E-state index contributed by atoms with van der Waals surface area (Å²) in [6.07, 6.45) is 0.794. The van der Waals surface area contributed by atoms with Gasteiger partial charge in [-0.25, -0.2) is 13.1 Å². The van der Waals surface area contributed by atoms with Crippen LogP contribution in [0.25, 0.3) is 10.4 Å². The zero-order valence-electron chi connectivity index (χ0n) is 15.5. The van der Waals surface area contributed by atoms with Crippen molar-refractivity contribution < 1.29 is 13.2 Å². The molecule has 1 aliphatic carbocycles. The minimum absolute atomic E-state index is 0.0964. The maximum absolute atomic E-state index is 12.9. The summed E-state index contributed by atoms with van der Waals surface area (Å²) in [5.74, 6) is 0.588. The van der Waals surface area contributed by atoms with Gasteiger partial charge in [-0.05, 0) is 47.9 Å². The second kappa shape index (κ2) is 7.19. The van der Waals surface area contributed by atoms with Crippen molar-refractivity contribution in [3.63, 3.8) is 0 Å². The topological polar surface area (TPSA) is 55.4 Å². The maximum atomic E-state index is 12.9. The molecule has 7 heteroatoms. The molecular weight excluding hydrogens is 414 g/mol. The van der Waals surface area contributed by atoms with E-state index >= 15 is 0 Å². The number of hydrogen-bond acceptors (Lipinski definition) is 4. The van der Waals surface area contributed by atoms with Crippen molar-refractivity contribution in [2.75, 3.05) is 7.11 Å². The number of ether oxygens (including phenoxy) is 1. The highest BCUT2D eigenvalue weighted by atomic mass is 35.5. The zero-order valence-corrected chi connectivity index (χ0v) is 17.9. The van der Waals surface area contributed by atoms with Crippen molar-refractivity contribution in [2.45, 2.75) is 29.0 Å². The first-order chi connectivity index (χ1) is 13.3. The zero-order chi connectivity index (χ0) is 19.9. The number of benzene rings is 2. The Hall–Kier alpha value is -1.86. The molecule has 1 aromatic heterocycles. The smallest absolute Gasteiger partial charge is 0.250 e. The summed E-state index contributed by atoms with van der Waals surface area (Å²) < 4.78 is 34.1. The Labute approximate surface area is 174 Å². The highest BCUT2D eigenvalue weighted by Gasteiger charge is 2.53. The van der Waals surface area contributed by atoms with Gasteiger partial charge >= 0.3 is 0 Å². The average Bonchev–Trinajstić information content (AvgIpc) is 3.09. The number of halogens is 1. The first-order valence-corrected chi connectivity index (χ1v) is 11.5. The molecule has 146 valence electrons. The molecule has 3 aromatic rings. The molecule has 1 aliphatic rings. The summed E-state index contributed by atoms with van der Waals surface area (Å²) in [7, 11) is -2.02. The second-order valence-electron chi connectivity index (χ2n) is 7.13. The van der Waals surface area contributed by atoms with Crippen LogP contribution < -0.4 is 9.46 Å². The van der Waals surface area contributed by atoms with Crippen LogP contribution in [0.5, 0.6) is 5.75 Å². The lowest BCUT2D eigenvalue weighted by molar-refractivity contribution is 0.415. The van der Waals surface area contributed by atoms with Crippen LogP contribution in [0.1, 0.15) is 18.9 Å². The van der Waals surface area contributed by atoms with Gasteiger partial charge in [-0.3, -0.25) is 0 Å². The lowest BCUT2D eigenvalue weighted by atomic mass is 9.98. The van der Waals surface area contributed by atoms with Crippen LogP contribution in [0.2, 0.25) is 5.02 Å². The van der Waals surface area contributed by atoms with Crippen LogP contribution in [0, 0.1) is 0 Å². The third-order valence-electron chi connectivity index (χ3n) is 5.25. The molecule has 2 atom stereocenters. The Bertz CT molecular complexity index is 1110. The molecule has 1 fully saturated rings. The van der Waals surface area contributed by atoms with Gasteiger partial charge < -0.3 is 4.74 Å². The molecule has 1 heterocycles. The molecule has 1 saturated carbocycles. The van der Waals surface area contributed by atoms with Crippen LogP contribution in [-0.2, 0) is 15.4 Å². The van der Waals surface area contributed by atoms with Crippen molar-refractivity contribution in [3.05, 3.63) is 71.2 Å². The summed E-state index contributed by atoms with van der Waals surface area (Å²) >= 11 is 7.42. The van der Waals surface area contributed by atoms with Crippen LogP contribution in [0.4, 0.5) is 0 Å². The Kier molecular flexibility index (Phi) is 5.00. The fraction of sp³-hybridized carbons (Fsp3) is 0.238. The molecule has 1 N–H and O–H groups in total. The maximum Gasteiger partial charge on any atom is 0.250 e. The fourth-order valence-electron chi connectivity index (χ4n) is 3.36. The Morgan fingerprint density at radius 3 is 2.57 bits per heavy atom. The highest BCUT2D eigenvalue weighted by molar-refractivity contribution is 7.91. The third kappa shape index (κ3) is 3.57. The Morgan fingerprint density at radius 1 is 1.14 bits per heavy atom. The van der Waals surface area contributed by atoms with Crippen molar-refractivity contribution in [1.82, 2.24) is 4.72 Å². The van der Waals surface area contributed by atoms with Gasteiger partial charge in [0.25, 0.3) is 0 Å². The predicted octanol–water partition coefficient (Wildman–Crippen LogP) is 5.09. The molecule has 4 nitrogen and oxygen atoms in total. The molecule has 0 unspecified atom stereocenters. The molecule has 0 spiro atoms. The van der Waals surface area contributed by atoms with Gasteiger partial charge in [-0.15, -0.1) is 11.3 Å². The van der Waals surface area contributed by atoms with E-state index in [9.17, 15) is 8.42 Å². The van der Waals surface area contributed by atoms with E-state index in [1.54, 1.807) is 31.4 Å². The molecular formula is C21H20ClNO3S2. The van der Waals surface area contributed by atoms with E-state index in [-0.39, 0.29) is 11.5 Å². The minimum Gasteiger partial charge on any atom is -0.495 e. The molecule has 0 amide bonds. The predicted molar refractivity (Wildman–Crippen MR) is 114 cm³/mol. The summed E-state index contributed by atoms with van der Waals surface area (Å²) in [4.78, 5) is 0.839. The lowest BCUT2D eigenvalue weighted by Crippen LogP contribution is -2.29. The number of hydrogen-bond donors (Lipinski definition) is 1. The van der Waals surface area contributed by atoms with Gasteiger partial charge in [0.2, 0.25) is 10.0 Å². The van der Waals surface area contributed by atoms with E-state index in [1.807, 2.05) is 36.4 Å². The first-order valence-electron chi connectivity index (χ1n) is 8.85. The van der Waals surface area contributed by atoms with E-state index in [2.05, 4.69) is 11.6 Å². The van der Waals surface area contributed by atoms with Gasteiger partial charge in [0, 0.05) is 16.3 Å². The van der Waals surface area contributed by atoms with E-state index in [4.69, 9.17) is 16.3 Å². The normalized spacial score (nSPS) is 21.5. The average molecular weight is 434 g/mol. The number of sulfonamides is 1. The van der Waals surface area contributed by atoms with Crippen molar-refractivity contribution in [3.8, 4) is 16.2 Å². The largest absolute Gasteiger partial charge is 0.495 e. The van der Waals surface area contributed by atoms with E-state index in [1.165, 1.54) is 11.3 Å². The van der Waals surface area contributed by atoms with E-state index in [0.717, 1.165) is 22.4 Å². The quantitative estimate of drug-likeness (QED) is 0.589. The highest BCUT2D eigenvalue weighted by Crippen LogP contribution is 2.48. The van der Waals surface area contributed by atoms with Gasteiger partial charge in [-0.2, -0.15) is 0 Å². The minimum atomic E-state index is -3.58. The van der Waals surface area contributed by atoms with Crippen LogP contribution in [0.15, 0.2) is 64.9 Å². The Morgan fingerprint density at radius 2 is 1.89 bits per heavy atom. The molecule has 28 heavy (non-hydrogen) atoms. The van der Waals surface area contributed by atoms with Crippen LogP contribution >= 0.6 is 22.9 Å². The third-order valence-corrected chi connectivity index (χ3v) is 8.64. The van der Waals surface area contributed by atoms with Crippen molar-refractivity contribution >= 4 is 33.0 Å².